The van der Waals surface area contributed by atoms with Crippen molar-refractivity contribution in [2.24, 2.45) is 11.8 Å². The molecule has 0 aromatic heterocycles. The molecule has 11 heteroatoms. The van der Waals surface area contributed by atoms with Gasteiger partial charge >= 0.3 is 6.18 Å². The Hall–Kier alpha value is -0.600. The van der Waals surface area contributed by atoms with E-state index in [0.29, 0.717) is 24.8 Å². The lowest BCUT2D eigenvalue weighted by Crippen LogP contribution is -2.31. The minimum atomic E-state index is -4.21. The van der Waals surface area contributed by atoms with Gasteiger partial charge in [0.2, 0.25) is 15.5 Å². The quantitative estimate of drug-likeness (QED) is 0.216. The number of rotatable bonds is 3. The number of imide groups is 1. The van der Waals surface area contributed by atoms with E-state index in [9.17, 15) is 22.8 Å². The normalized spacial score (nSPS) is 22.2. The summed E-state index contributed by atoms with van der Waals surface area (Å²) in [6, 6.07) is 6.36. The minimum Gasteiger partial charge on any atom is -0.273 e. The van der Waals surface area contributed by atoms with Crippen LogP contribution in [0.2, 0.25) is 0 Å². The van der Waals surface area contributed by atoms with Crippen molar-refractivity contribution in [3.63, 3.8) is 0 Å². The molecule has 0 radical (unpaired) electrons. The fourth-order valence-electron chi connectivity index (χ4n) is 2.65. The monoisotopic (exact) mass is 493 g/mol. The highest BCUT2D eigenvalue weighted by Crippen LogP contribution is 2.48. The Kier molecular flexibility index (Phi) is 8.01. The van der Waals surface area contributed by atoms with Gasteiger partial charge in [0.15, 0.2) is 4.84 Å². The Morgan fingerprint density at radius 1 is 0.964 bits per heavy atom. The Morgan fingerprint density at radius 2 is 1.43 bits per heavy atom. The molecule has 3 rings (SSSR count). The number of benzene rings is 1. The van der Waals surface area contributed by atoms with Crippen LogP contribution in [0.25, 0.3) is 0 Å². The van der Waals surface area contributed by atoms with Crippen molar-refractivity contribution in [1.29, 1.82) is 0 Å². The Bertz CT molecular complexity index is 718. The van der Waals surface area contributed by atoms with Gasteiger partial charge in [-0.2, -0.15) is 13.2 Å². The third kappa shape index (κ3) is 5.72. The zero-order valence-electron chi connectivity index (χ0n) is 14.0. The van der Waals surface area contributed by atoms with Crippen LogP contribution in [-0.2, 0) is 15.8 Å². The molecule has 2 aliphatic rings. The zero-order valence-corrected chi connectivity index (χ0v) is 17.8. The van der Waals surface area contributed by atoms with E-state index >= 15 is 0 Å². The first kappa shape index (κ1) is 23.7. The van der Waals surface area contributed by atoms with E-state index in [1.54, 1.807) is 6.07 Å². The summed E-state index contributed by atoms with van der Waals surface area (Å²) in [5.41, 5.74) is -0.602. The van der Waals surface area contributed by atoms with E-state index in [0.717, 1.165) is 16.4 Å². The van der Waals surface area contributed by atoms with Crippen LogP contribution in [0.1, 0.15) is 18.4 Å². The molecule has 2 atom stereocenters. The third-order valence-corrected chi connectivity index (χ3v) is 7.27. The number of nitrogens with zero attached hydrogens (tertiary/aromatic N) is 1. The van der Waals surface area contributed by atoms with Crippen LogP contribution in [0.4, 0.5) is 13.2 Å². The van der Waals surface area contributed by atoms with Crippen LogP contribution >= 0.6 is 58.4 Å². The van der Waals surface area contributed by atoms with E-state index in [1.165, 1.54) is 12.1 Å². The molecule has 2 amide bonds. The van der Waals surface area contributed by atoms with E-state index in [-0.39, 0.29) is 23.7 Å². The molecule has 154 valence electrons. The van der Waals surface area contributed by atoms with Crippen molar-refractivity contribution in [1.82, 2.24) is 4.31 Å². The number of amides is 2. The van der Waals surface area contributed by atoms with Crippen molar-refractivity contribution in [2.45, 2.75) is 27.5 Å². The van der Waals surface area contributed by atoms with Gasteiger partial charge in [0.25, 0.3) is 0 Å². The first-order chi connectivity index (χ1) is 12.9. The molecule has 1 heterocycles. The average molecular weight is 495 g/mol. The molecular formula is C17H14Cl4F3NO2S. The van der Waals surface area contributed by atoms with Crippen LogP contribution < -0.4 is 0 Å². The van der Waals surface area contributed by atoms with Gasteiger partial charge in [-0.05, 0) is 12.8 Å². The first-order valence-electron chi connectivity index (χ1n) is 7.95. The molecule has 1 aliphatic heterocycles. The number of hydrogen-bond acceptors (Lipinski definition) is 3. The van der Waals surface area contributed by atoms with Crippen LogP contribution in [0.5, 0.6) is 0 Å². The van der Waals surface area contributed by atoms with Gasteiger partial charge in [-0.3, -0.25) is 9.59 Å². The number of allylic oxidation sites excluding steroid dienone is 2. The molecule has 1 saturated heterocycles. The topological polar surface area (TPSA) is 37.4 Å². The number of carbonyl (C=O) groups excluding carboxylic acids is 2. The van der Waals surface area contributed by atoms with Crippen molar-refractivity contribution in [2.75, 3.05) is 0 Å². The highest BCUT2D eigenvalue weighted by molar-refractivity contribution is 8.02. The van der Waals surface area contributed by atoms with Gasteiger partial charge in [0, 0.05) is 11.9 Å². The maximum Gasteiger partial charge on any atom is 0.416 e. The van der Waals surface area contributed by atoms with Gasteiger partial charge in [0.05, 0.1) is 17.4 Å². The lowest BCUT2D eigenvalue weighted by Gasteiger charge is -2.24. The van der Waals surface area contributed by atoms with Crippen LogP contribution in [-0.4, -0.2) is 24.6 Å². The average Bonchev–Trinajstić information content (AvgIpc) is 2.87. The number of fused-ring (bicyclic) bond motifs is 1. The van der Waals surface area contributed by atoms with Gasteiger partial charge in [-0.25, -0.2) is 4.31 Å². The Morgan fingerprint density at radius 3 is 1.79 bits per heavy atom. The zero-order chi connectivity index (χ0) is 21.1. The molecule has 0 saturated carbocycles. The van der Waals surface area contributed by atoms with E-state index < -0.39 is 20.2 Å². The minimum absolute atomic E-state index is 0.279. The van der Waals surface area contributed by atoms with Gasteiger partial charge in [-0.15, -0.1) is 23.2 Å². The number of hydrogen-bond donors (Lipinski definition) is 0. The molecule has 28 heavy (non-hydrogen) atoms. The number of carbonyl (C=O) groups is 2. The molecule has 0 spiro atoms. The summed E-state index contributed by atoms with van der Waals surface area (Å²) in [6.45, 7) is 0. The molecule has 3 nitrogen and oxygen atoms in total. The summed E-state index contributed by atoms with van der Waals surface area (Å²) < 4.78 is 34.7. The molecule has 0 bridgehead atoms. The van der Waals surface area contributed by atoms with Gasteiger partial charge < -0.3 is 0 Å². The standard InChI is InChI=1S/C10H9Cl4NO2S.C7H5F3/c11-9(12)10(13,14)18-15-7(16)5-3-1-2-4-6(5)8(15)17;8-7(9,10)6-4-2-1-3-5-6/h1-2,5-6,9H,3-4H2;1-5H. The fourth-order valence-corrected chi connectivity index (χ4v) is 4.08. The number of halogens is 7. The smallest absolute Gasteiger partial charge is 0.273 e. The van der Waals surface area contributed by atoms with E-state index in [4.69, 9.17) is 46.4 Å². The van der Waals surface area contributed by atoms with Crippen molar-refractivity contribution in [3.05, 3.63) is 48.0 Å². The molecule has 1 aromatic carbocycles. The molecule has 0 N–H and O–H groups in total. The molecule has 1 aliphatic carbocycles. The fraction of sp³-hybridized carbons (Fsp3) is 0.412. The first-order valence-corrected chi connectivity index (χ1v) is 10.4. The van der Waals surface area contributed by atoms with Crippen molar-refractivity contribution < 1.29 is 22.8 Å². The highest BCUT2D eigenvalue weighted by atomic mass is 35.5. The van der Waals surface area contributed by atoms with Crippen LogP contribution in [0.3, 0.4) is 0 Å². The Balaban J connectivity index is 0.000000237. The second-order valence-corrected chi connectivity index (χ2v) is 10.1. The molecular weight excluding hydrogens is 481 g/mol. The molecule has 1 aromatic rings. The van der Waals surface area contributed by atoms with Crippen LogP contribution in [0.15, 0.2) is 42.5 Å². The van der Waals surface area contributed by atoms with E-state index in [2.05, 4.69) is 0 Å². The maximum absolute atomic E-state index is 12.1. The SMILES string of the molecule is FC(F)(F)c1ccccc1.O=C1C2CC=CCC2C(=O)N1SC(Cl)(Cl)C(Cl)Cl. The summed E-state index contributed by atoms with van der Waals surface area (Å²) in [6.07, 6.45) is 0.730. The number of alkyl halides is 7. The van der Waals surface area contributed by atoms with E-state index in [1.807, 2.05) is 12.2 Å². The summed E-state index contributed by atoms with van der Waals surface area (Å²) in [7, 11) is 0. The predicted octanol–water partition coefficient (Wildman–Crippen LogP) is 6.23. The summed E-state index contributed by atoms with van der Waals surface area (Å²) in [4.78, 5) is 23.1. The summed E-state index contributed by atoms with van der Waals surface area (Å²) >= 11 is 23.7. The second-order valence-electron chi connectivity index (χ2n) is 5.94. The highest BCUT2D eigenvalue weighted by Gasteiger charge is 2.51. The molecule has 2 unspecified atom stereocenters. The lowest BCUT2D eigenvalue weighted by molar-refractivity contribution is -0.137. The van der Waals surface area contributed by atoms with Crippen LogP contribution in [0, 0.1) is 11.8 Å². The Labute approximate surface area is 184 Å². The largest absolute Gasteiger partial charge is 0.416 e. The van der Waals surface area contributed by atoms with Crippen molar-refractivity contribution >= 4 is 70.2 Å². The third-order valence-electron chi connectivity index (χ3n) is 4.04. The summed E-state index contributed by atoms with van der Waals surface area (Å²) in [5, 5.41) is 0. The van der Waals surface area contributed by atoms with Gasteiger partial charge in [-0.1, -0.05) is 65.7 Å². The van der Waals surface area contributed by atoms with Gasteiger partial charge in [0.1, 0.15) is 0 Å². The predicted molar refractivity (Wildman–Crippen MR) is 106 cm³/mol. The summed E-state index contributed by atoms with van der Waals surface area (Å²) in [5.74, 6) is -1.19. The molecule has 1 fully saturated rings. The maximum atomic E-state index is 12.1. The van der Waals surface area contributed by atoms with Crippen molar-refractivity contribution in [3.8, 4) is 0 Å². The second kappa shape index (κ2) is 9.47. The lowest BCUT2D eigenvalue weighted by atomic mass is 9.85.